The highest BCUT2D eigenvalue weighted by Gasteiger charge is 2.25. The van der Waals surface area contributed by atoms with Crippen LogP contribution in [0.2, 0.25) is 5.02 Å². The number of piperidine rings is 1. The SMILES string of the molecule is C#Cc1ccc(NC(=O)c2cc(Cl)cc(OC)c2NC(=O)c2ccc(/N=C/N3CCC(C(=O)OCC)CC3)cc2)cc1. The number of carbonyl (C=O) groups excluding carboxylic acids is 3. The zero-order chi connectivity index (χ0) is 30.1. The van der Waals surface area contributed by atoms with E-state index >= 15 is 0 Å². The van der Waals surface area contributed by atoms with Gasteiger partial charge < -0.3 is 25.0 Å². The molecule has 0 saturated carbocycles. The lowest BCUT2D eigenvalue weighted by atomic mass is 9.97. The molecule has 1 aliphatic heterocycles. The van der Waals surface area contributed by atoms with Crippen LogP contribution in [0.3, 0.4) is 0 Å². The van der Waals surface area contributed by atoms with E-state index < -0.39 is 11.8 Å². The number of anilines is 2. The van der Waals surface area contributed by atoms with Crippen molar-refractivity contribution in [3.63, 3.8) is 0 Å². The molecule has 1 aliphatic rings. The first-order valence-corrected chi connectivity index (χ1v) is 13.8. The maximum absolute atomic E-state index is 13.2. The quantitative estimate of drug-likeness (QED) is 0.143. The molecular weight excluding hydrogens is 556 g/mol. The maximum Gasteiger partial charge on any atom is 0.309 e. The predicted octanol–water partition coefficient (Wildman–Crippen LogP) is 5.77. The highest BCUT2D eigenvalue weighted by atomic mass is 35.5. The van der Waals surface area contributed by atoms with Gasteiger partial charge in [-0.15, -0.1) is 6.42 Å². The van der Waals surface area contributed by atoms with Gasteiger partial charge >= 0.3 is 5.97 Å². The molecule has 9 nitrogen and oxygen atoms in total. The smallest absolute Gasteiger partial charge is 0.309 e. The van der Waals surface area contributed by atoms with Crippen LogP contribution in [0.5, 0.6) is 5.75 Å². The molecule has 0 unspecified atom stereocenters. The lowest BCUT2D eigenvalue weighted by Gasteiger charge is -2.29. The molecule has 1 heterocycles. The maximum atomic E-state index is 13.2. The van der Waals surface area contributed by atoms with Crippen molar-refractivity contribution < 1.29 is 23.9 Å². The Balaban J connectivity index is 1.43. The summed E-state index contributed by atoms with van der Waals surface area (Å²) in [5.41, 5.74) is 2.53. The molecule has 0 spiro atoms. The second kappa shape index (κ2) is 14.2. The van der Waals surface area contributed by atoms with E-state index in [9.17, 15) is 14.4 Å². The molecule has 0 bridgehead atoms. The molecule has 2 N–H and O–H groups in total. The average Bonchev–Trinajstić information content (AvgIpc) is 3.01. The summed E-state index contributed by atoms with van der Waals surface area (Å²) < 4.78 is 10.5. The minimum absolute atomic E-state index is 0.0707. The Morgan fingerprint density at radius 3 is 2.36 bits per heavy atom. The van der Waals surface area contributed by atoms with Gasteiger partial charge in [-0.3, -0.25) is 14.4 Å². The lowest BCUT2D eigenvalue weighted by molar-refractivity contribution is -0.149. The van der Waals surface area contributed by atoms with Crippen molar-refractivity contribution in [2.45, 2.75) is 19.8 Å². The number of aliphatic imine (C=N–C) groups is 1. The van der Waals surface area contributed by atoms with Crippen molar-refractivity contribution in [3.05, 3.63) is 82.4 Å². The zero-order valence-electron chi connectivity index (χ0n) is 23.4. The number of rotatable bonds is 9. The Morgan fingerprint density at radius 2 is 1.74 bits per heavy atom. The van der Waals surface area contributed by atoms with Gasteiger partial charge in [0.2, 0.25) is 0 Å². The van der Waals surface area contributed by atoms with Gasteiger partial charge in [-0.25, -0.2) is 4.99 Å². The molecule has 3 aromatic rings. The summed E-state index contributed by atoms with van der Waals surface area (Å²) in [7, 11) is 1.42. The highest BCUT2D eigenvalue weighted by molar-refractivity contribution is 6.31. The first-order valence-electron chi connectivity index (χ1n) is 13.4. The van der Waals surface area contributed by atoms with E-state index in [0.717, 1.165) is 12.8 Å². The van der Waals surface area contributed by atoms with Crippen LogP contribution >= 0.6 is 11.6 Å². The molecule has 0 radical (unpaired) electrons. The number of nitrogens with one attached hydrogen (secondary N) is 2. The minimum atomic E-state index is -0.490. The molecule has 1 saturated heterocycles. The van der Waals surface area contributed by atoms with E-state index in [1.807, 2.05) is 6.92 Å². The van der Waals surface area contributed by atoms with E-state index in [2.05, 4.69) is 26.4 Å². The molecule has 42 heavy (non-hydrogen) atoms. The number of methoxy groups -OCH3 is 1. The van der Waals surface area contributed by atoms with Crippen LogP contribution in [0, 0.1) is 18.3 Å². The van der Waals surface area contributed by atoms with Crippen LogP contribution in [-0.2, 0) is 9.53 Å². The minimum Gasteiger partial charge on any atom is -0.494 e. The van der Waals surface area contributed by atoms with Gasteiger partial charge in [0.05, 0.1) is 42.9 Å². The second-order valence-electron chi connectivity index (χ2n) is 9.51. The van der Waals surface area contributed by atoms with Gasteiger partial charge in [-0.05, 0) is 74.4 Å². The molecule has 0 aliphatic carbocycles. The van der Waals surface area contributed by atoms with Crippen molar-refractivity contribution in [3.8, 4) is 18.1 Å². The number of amides is 2. The fraction of sp³-hybridized carbons (Fsp3) is 0.250. The Bertz CT molecular complexity index is 1510. The monoisotopic (exact) mass is 586 g/mol. The standard InChI is InChI=1S/C32H31ClN4O5/c1-4-21-6-10-26(11-7-21)35-31(39)27-18-24(33)19-28(41-3)29(27)36-30(38)22-8-12-25(13-9-22)34-20-37-16-14-23(15-17-37)32(40)42-5-2/h1,6-13,18-20,23H,5,14-17H2,2-3H3,(H,35,39)(H,36,38)/b34-20+. The van der Waals surface area contributed by atoms with Gasteiger partial charge in [-0.2, -0.15) is 0 Å². The molecule has 216 valence electrons. The van der Waals surface area contributed by atoms with Crippen molar-refractivity contribution >= 4 is 52.8 Å². The number of likely N-dealkylation sites (tertiary alicyclic amines) is 1. The summed E-state index contributed by atoms with van der Waals surface area (Å²) in [4.78, 5) is 44.9. The number of hydrogen-bond acceptors (Lipinski definition) is 6. The van der Waals surface area contributed by atoms with Crippen molar-refractivity contribution in [1.29, 1.82) is 0 Å². The summed E-state index contributed by atoms with van der Waals surface area (Å²) in [6.45, 7) is 3.62. The van der Waals surface area contributed by atoms with Crippen LogP contribution in [0.4, 0.5) is 17.1 Å². The van der Waals surface area contributed by atoms with E-state index in [1.54, 1.807) is 54.9 Å². The second-order valence-corrected chi connectivity index (χ2v) is 9.95. The third kappa shape index (κ3) is 7.68. The van der Waals surface area contributed by atoms with Crippen molar-refractivity contribution in [2.75, 3.05) is 37.4 Å². The average molecular weight is 587 g/mol. The van der Waals surface area contributed by atoms with Crippen molar-refractivity contribution in [1.82, 2.24) is 4.90 Å². The van der Waals surface area contributed by atoms with Gasteiger partial charge in [0.15, 0.2) is 0 Å². The summed E-state index contributed by atoms with van der Waals surface area (Å²) in [5, 5.41) is 5.85. The normalized spacial score (nSPS) is 13.3. The summed E-state index contributed by atoms with van der Waals surface area (Å²) >= 11 is 6.25. The zero-order valence-corrected chi connectivity index (χ0v) is 24.1. The molecular formula is C32H31ClN4O5. The van der Waals surface area contributed by atoms with E-state index in [4.69, 9.17) is 27.5 Å². The van der Waals surface area contributed by atoms with Crippen molar-refractivity contribution in [2.24, 2.45) is 10.9 Å². The number of esters is 1. The largest absolute Gasteiger partial charge is 0.494 e. The Labute approximate surface area is 249 Å². The number of halogens is 1. The topological polar surface area (TPSA) is 109 Å². The number of terminal acetylenes is 1. The van der Waals surface area contributed by atoms with Gasteiger partial charge in [0.25, 0.3) is 11.8 Å². The fourth-order valence-electron chi connectivity index (χ4n) is 4.44. The fourth-order valence-corrected chi connectivity index (χ4v) is 4.65. The summed E-state index contributed by atoms with van der Waals surface area (Å²) in [6.07, 6.45) is 8.59. The van der Waals surface area contributed by atoms with Crippen LogP contribution in [0.25, 0.3) is 0 Å². The number of ether oxygens (including phenoxy) is 2. The number of nitrogens with zero attached hydrogens (tertiary/aromatic N) is 2. The molecule has 0 aromatic heterocycles. The van der Waals surface area contributed by atoms with Gasteiger partial charge in [0, 0.05) is 41.0 Å². The number of hydrogen-bond donors (Lipinski definition) is 2. The predicted molar refractivity (Wildman–Crippen MR) is 164 cm³/mol. The van der Waals surface area contributed by atoms with Crippen LogP contribution in [0.15, 0.2) is 65.7 Å². The van der Waals surface area contributed by atoms with Gasteiger partial charge in [-0.1, -0.05) is 17.5 Å². The summed E-state index contributed by atoms with van der Waals surface area (Å²) in [6, 6.07) is 16.5. The van der Waals surface area contributed by atoms with Crippen LogP contribution in [-0.4, -0.2) is 55.8 Å². The van der Waals surface area contributed by atoms with E-state index in [1.165, 1.54) is 19.2 Å². The van der Waals surface area contributed by atoms with E-state index in [0.29, 0.717) is 42.2 Å². The van der Waals surface area contributed by atoms with Crippen LogP contribution in [0.1, 0.15) is 46.0 Å². The third-order valence-electron chi connectivity index (χ3n) is 6.73. The molecule has 2 amide bonds. The summed E-state index contributed by atoms with van der Waals surface area (Å²) in [5.74, 6) is 1.61. The number of carbonyl (C=O) groups is 3. The highest BCUT2D eigenvalue weighted by Crippen LogP contribution is 2.33. The van der Waals surface area contributed by atoms with E-state index in [-0.39, 0.29) is 33.9 Å². The Morgan fingerprint density at radius 1 is 1.05 bits per heavy atom. The number of benzene rings is 3. The lowest BCUT2D eigenvalue weighted by Crippen LogP contribution is -2.36. The molecule has 3 aromatic carbocycles. The molecule has 1 fully saturated rings. The van der Waals surface area contributed by atoms with Gasteiger partial charge in [0.1, 0.15) is 5.75 Å². The van der Waals surface area contributed by atoms with Crippen LogP contribution < -0.4 is 15.4 Å². The third-order valence-corrected chi connectivity index (χ3v) is 6.95. The Kier molecular flexibility index (Phi) is 10.2. The molecule has 10 heteroatoms. The first-order chi connectivity index (χ1) is 20.3. The molecule has 0 atom stereocenters. The first kappa shape index (κ1) is 30.2. The molecule has 4 rings (SSSR count). The Hall–Kier alpha value is -4.81.